The quantitative estimate of drug-likeness (QED) is 0.861. The molecule has 2 aromatic heterocycles. The fourth-order valence-corrected chi connectivity index (χ4v) is 2.36. The van der Waals surface area contributed by atoms with Crippen LogP contribution in [0, 0.1) is 0 Å². The van der Waals surface area contributed by atoms with Gasteiger partial charge in [-0.25, -0.2) is 4.98 Å². The van der Waals surface area contributed by atoms with E-state index in [0.717, 1.165) is 24.6 Å². The molecule has 22 heavy (non-hydrogen) atoms. The molecule has 0 bridgehead atoms. The number of hydrogen-bond donors (Lipinski definition) is 0. The number of amides is 1. The second-order valence-corrected chi connectivity index (χ2v) is 5.08. The Hall–Kier alpha value is -2.47. The topological polar surface area (TPSA) is 58.6 Å². The Labute approximate surface area is 129 Å². The number of hydrogen-bond acceptors (Lipinski definition) is 5. The number of rotatable bonds is 3. The van der Waals surface area contributed by atoms with Crippen molar-refractivity contribution >= 4 is 17.4 Å². The lowest BCUT2D eigenvalue weighted by molar-refractivity contribution is 0.0992. The van der Waals surface area contributed by atoms with Gasteiger partial charge in [0.2, 0.25) is 0 Å². The van der Waals surface area contributed by atoms with Gasteiger partial charge in [-0.1, -0.05) is 0 Å². The standard InChI is InChI=1S/C16H18N4O2/c1-19(14-3-2-6-17-12-14)16(21)13-4-5-15(18-11-13)20-7-9-22-10-8-20/h2-6,11-12H,7-10H2,1H3. The molecule has 1 amide bonds. The minimum absolute atomic E-state index is 0.103. The lowest BCUT2D eigenvalue weighted by atomic mass is 10.2. The number of aromatic nitrogens is 2. The van der Waals surface area contributed by atoms with Crippen LogP contribution in [-0.4, -0.2) is 49.2 Å². The van der Waals surface area contributed by atoms with Crippen molar-refractivity contribution in [3.8, 4) is 0 Å². The first-order chi connectivity index (χ1) is 10.8. The molecule has 1 aliphatic rings. The summed E-state index contributed by atoms with van der Waals surface area (Å²) in [5, 5.41) is 0. The highest BCUT2D eigenvalue weighted by molar-refractivity contribution is 6.05. The maximum absolute atomic E-state index is 12.5. The maximum Gasteiger partial charge on any atom is 0.259 e. The molecule has 3 rings (SSSR count). The summed E-state index contributed by atoms with van der Waals surface area (Å²) in [6.45, 7) is 3.09. The van der Waals surface area contributed by atoms with E-state index < -0.39 is 0 Å². The van der Waals surface area contributed by atoms with Gasteiger partial charge >= 0.3 is 0 Å². The average Bonchev–Trinajstić information content (AvgIpc) is 2.62. The van der Waals surface area contributed by atoms with E-state index in [1.807, 2.05) is 18.2 Å². The summed E-state index contributed by atoms with van der Waals surface area (Å²) in [6, 6.07) is 7.35. The highest BCUT2D eigenvalue weighted by atomic mass is 16.5. The Morgan fingerprint density at radius 2 is 2.05 bits per heavy atom. The molecular formula is C16H18N4O2. The number of carbonyl (C=O) groups is 1. The van der Waals surface area contributed by atoms with Crippen LogP contribution in [0.3, 0.4) is 0 Å². The van der Waals surface area contributed by atoms with Gasteiger partial charge < -0.3 is 14.5 Å². The molecular weight excluding hydrogens is 280 g/mol. The lowest BCUT2D eigenvalue weighted by Gasteiger charge is -2.27. The van der Waals surface area contributed by atoms with E-state index in [1.165, 1.54) is 0 Å². The van der Waals surface area contributed by atoms with Crippen LogP contribution in [0.5, 0.6) is 0 Å². The van der Waals surface area contributed by atoms with Crippen molar-refractivity contribution in [1.82, 2.24) is 9.97 Å². The summed E-state index contributed by atoms with van der Waals surface area (Å²) in [5.41, 5.74) is 1.31. The molecule has 0 aliphatic carbocycles. The largest absolute Gasteiger partial charge is 0.378 e. The Morgan fingerprint density at radius 3 is 2.68 bits per heavy atom. The molecule has 2 aromatic rings. The van der Waals surface area contributed by atoms with Crippen LogP contribution in [0.4, 0.5) is 11.5 Å². The van der Waals surface area contributed by atoms with Crippen molar-refractivity contribution < 1.29 is 9.53 Å². The van der Waals surface area contributed by atoms with Gasteiger partial charge in [-0.3, -0.25) is 9.78 Å². The Kier molecular flexibility index (Phi) is 4.29. The van der Waals surface area contributed by atoms with Gasteiger partial charge in [-0.2, -0.15) is 0 Å². The van der Waals surface area contributed by atoms with Crippen molar-refractivity contribution in [3.05, 3.63) is 48.4 Å². The zero-order valence-corrected chi connectivity index (χ0v) is 12.5. The number of carbonyl (C=O) groups excluding carboxylic acids is 1. The predicted octanol–water partition coefficient (Wildman–Crippen LogP) is 1.59. The summed E-state index contributed by atoms with van der Waals surface area (Å²) in [6.07, 6.45) is 4.97. The highest BCUT2D eigenvalue weighted by Crippen LogP contribution is 2.16. The predicted molar refractivity (Wildman–Crippen MR) is 84.2 cm³/mol. The molecule has 0 saturated carbocycles. The second kappa shape index (κ2) is 6.53. The van der Waals surface area contributed by atoms with Crippen LogP contribution in [0.25, 0.3) is 0 Å². The van der Waals surface area contributed by atoms with Crippen molar-refractivity contribution in [2.45, 2.75) is 0 Å². The molecule has 0 radical (unpaired) electrons. The molecule has 6 heteroatoms. The fraction of sp³-hybridized carbons (Fsp3) is 0.312. The zero-order chi connectivity index (χ0) is 15.4. The van der Waals surface area contributed by atoms with Crippen molar-refractivity contribution in [2.75, 3.05) is 43.2 Å². The molecule has 0 unspecified atom stereocenters. The van der Waals surface area contributed by atoms with Gasteiger partial charge in [0.15, 0.2) is 0 Å². The summed E-state index contributed by atoms with van der Waals surface area (Å²) in [7, 11) is 1.73. The van der Waals surface area contributed by atoms with Gasteiger partial charge in [-0.05, 0) is 24.3 Å². The SMILES string of the molecule is CN(C(=O)c1ccc(N2CCOCC2)nc1)c1cccnc1. The third-order valence-corrected chi connectivity index (χ3v) is 3.67. The first-order valence-corrected chi connectivity index (χ1v) is 7.22. The molecule has 0 aromatic carbocycles. The van der Waals surface area contributed by atoms with Crippen LogP contribution in [0.1, 0.15) is 10.4 Å². The number of pyridine rings is 2. The maximum atomic E-state index is 12.5. The molecule has 6 nitrogen and oxygen atoms in total. The van der Waals surface area contributed by atoms with Gasteiger partial charge in [0.05, 0.1) is 30.7 Å². The van der Waals surface area contributed by atoms with Crippen molar-refractivity contribution in [2.24, 2.45) is 0 Å². The molecule has 1 saturated heterocycles. The van der Waals surface area contributed by atoms with Crippen molar-refractivity contribution in [3.63, 3.8) is 0 Å². The van der Waals surface area contributed by atoms with Crippen LogP contribution in [0.2, 0.25) is 0 Å². The lowest BCUT2D eigenvalue weighted by Crippen LogP contribution is -2.36. The van der Waals surface area contributed by atoms with E-state index in [0.29, 0.717) is 18.8 Å². The summed E-state index contributed by atoms with van der Waals surface area (Å²) in [5.74, 6) is 0.776. The Balaban J connectivity index is 1.73. The number of morpholine rings is 1. The smallest absolute Gasteiger partial charge is 0.259 e. The van der Waals surface area contributed by atoms with Crippen molar-refractivity contribution in [1.29, 1.82) is 0 Å². The van der Waals surface area contributed by atoms with E-state index in [4.69, 9.17) is 4.74 Å². The molecule has 114 valence electrons. The summed E-state index contributed by atoms with van der Waals surface area (Å²) >= 11 is 0. The number of anilines is 2. The van der Waals surface area contributed by atoms with Gasteiger partial charge in [0, 0.05) is 32.5 Å². The van der Waals surface area contributed by atoms with E-state index in [9.17, 15) is 4.79 Å². The summed E-state index contributed by atoms with van der Waals surface area (Å²) < 4.78 is 5.33. The van der Waals surface area contributed by atoms with Gasteiger partial charge in [-0.15, -0.1) is 0 Å². The van der Waals surface area contributed by atoms with E-state index in [1.54, 1.807) is 36.6 Å². The molecule has 3 heterocycles. The molecule has 0 atom stereocenters. The normalized spacial score (nSPS) is 14.7. The van der Waals surface area contributed by atoms with Crippen LogP contribution < -0.4 is 9.80 Å². The molecule has 1 fully saturated rings. The Bertz CT molecular complexity index is 624. The monoisotopic (exact) mass is 298 g/mol. The van der Waals surface area contributed by atoms with E-state index in [2.05, 4.69) is 14.9 Å². The number of ether oxygens (including phenoxy) is 1. The first kappa shape index (κ1) is 14.5. The highest BCUT2D eigenvalue weighted by Gasteiger charge is 2.16. The average molecular weight is 298 g/mol. The first-order valence-electron chi connectivity index (χ1n) is 7.22. The number of nitrogens with zero attached hydrogens (tertiary/aromatic N) is 4. The van der Waals surface area contributed by atoms with Crippen LogP contribution >= 0.6 is 0 Å². The van der Waals surface area contributed by atoms with E-state index in [-0.39, 0.29) is 5.91 Å². The zero-order valence-electron chi connectivity index (χ0n) is 12.5. The van der Waals surface area contributed by atoms with Crippen LogP contribution in [0.15, 0.2) is 42.9 Å². The molecule has 0 N–H and O–H groups in total. The second-order valence-electron chi connectivity index (χ2n) is 5.08. The minimum Gasteiger partial charge on any atom is -0.378 e. The van der Waals surface area contributed by atoms with Gasteiger partial charge in [0.1, 0.15) is 5.82 Å². The minimum atomic E-state index is -0.103. The third-order valence-electron chi connectivity index (χ3n) is 3.67. The summed E-state index contributed by atoms with van der Waals surface area (Å²) in [4.78, 5) is 24.6. The van der Waals surface area contributed by atoms with Gasteiger partial charge in [0.25, 0.3) is 5.91 Å². The molecule has 0 spiro atoms. The Morgan fingerprint density at radius 1 is 1.23 bits per heavy atom. The van der Waals surface area contributed by atoms with Crippen LogP contribution in [-0.2, 0) is 4.74 Å². The fourth-order valence-electron chi connectivity index (χ4n) is 2.36. The third kappa shape index (κ3) is 3.07. The van der Waals surface area contributed by atoms with E-state index >= 15 is 0 Å². The molecule has 1 aliphatic heterocycles.